The van der Waals surface area contributed by atoms with Gasteiger partial charge in [-0.3, -0.25) is 28.8 Å². The lowest BCUT2D eigenvalue weighted by atomic mass is 9.83. The molecule has 6 heteroatoms. The molecule has 0 aromatic heterocycles. The molecule has 3 aliphatic rings. The second-order valence-electron chi connectivity index (χ2n) is 10.7. The summed E-state index contributed by atoms with van der Waals surface area (Å²) in [6.07, 6.45) is 2.52. The topological polar surface area (TPSA) is 102 Å². The van der Waals surface area contributed by atoms with Gasteiger partial charge in [0.05, 0.1) is 16.7 Å². The van der Waals surface area contributed by atoms with Crippen molar-refractivity contribution in [3.05, 3.63) is 104 Å². The van der Waals surface area contributed by atoms with Gasteiger partial charge in [-0.1, -0.05) is 65.3 Å². The third-order valence-electron chi connectivity index (χ3n) is 6.89. The van der Waals surface area contributed by atoms with Gasteiger partial charge in [-0.15, -0.1) is 0 Å². The Bertz CT molecular complexity index is 1570. The minimum atomic E-state index is -0.178. The van der Waals surface area contributed by atoms with Crippen molar-refractivity contribution in [3.63, 3.8) is 0 Å². The number of hydrogen-bond donors (Lipinski definition) is 0. The highest BCUT2D eigenvalue weighted by molar-refractivity contribution is 6.42. The van der Waals surface area contributed by atoms with Gasteiger partial charge in [-0.2, -0.15) is 0 Å². The molecule has 0 atom stereocenters. The average molecular weight is 551 g/mol. The predicted octanol–water partition coefficient (Wildman–Crippen LogP) is 6.69. The van der Waals surface area contributed by atoms with E-state index in [4.69, 9.17) is 0 Å². The van der Waals surface area contributed by atoms with Crippen LogP contribution in [0.25, 0.3) is 11.6 Å². The molecular formula is C35H34O6. The van der Waals surface area contributed by atoms with Crippen LogP contribution in [0.3, 0.4) is 0 Å². The first-order valence-corrected chi connectivity index (χ1v) is 13.4. The number of rotatable bonds is 1. The van der Waals surface area contributed by atoms with E-state index in [0.717, 1.165) is 27.8 Å². The second-order valence-corrected chi connectivity index (χ2v) is 10.7. The van der Waals surface area contributed by atoms with Crippen LogP contribution in [0, 0.1) is 0 Å². The van der Waals surface area contributed by atoms with Gasteiger partial charge in [0, 0.05) is 29.5 Å². The Hall–Kier alpha value is -4.58. The van der Waals surface area contributed by atoms with Crippen molar-refractivity contribution in [2.75, 3.05) is 0 Å². The molecule has 6 nitrogen and oxygen atoms in total. The molecule has 2 aromatic carbocycles. The molecule has 3 aliphatic carbocycles. The number of Topliss-reactive ketones (excluding diaryl/α,β-unsaturated/α-hetero) is 6. The highest BCUT2D eigenvalue weighted by Gasteiger charge is 2.33. The van der Waals surface area contributed by atoms with Crippen molar-refractivity contribution in [2.24, 2.45) is 0 Å². The standard InChI is InChI=1S/C15H14O2.C12H10O2.C8H10O2/c1-9(2)14-12-7-5-4-6-11(12)8-13(10(3)16)15(14)17;1-7(2)10-11(13)8-5-3-4-6-9(8)12(10)14;1-5(2)8-6(9)3-4-7(8)10/h4-8H,1-3H3;3-6H,1-2H3;3-4H2,1-2H3. The molecule has 1 saturated carbocycles. The van der Waals surface area contributed by atoms with Gasteiger partial charge in [0.2, 0.25) is 0 Å². The Balaban J connectivity index is 0.000000175. The number of ketones is 6. The van der Waals surface area contributed by atoms with Gasteiger partial charge in [-0.05, 0) is 65.7 Å². The normalized spacial score (nSPS) is 15.3. The van der Waals surface area contributed by atoms with E-state index in [9.17, 15) is 28.8 Å². The maximum absolute atomic E-state index is 12.2. The number of allylic oxidation sites excluding steroid dienone is 7. The largest absolute Gasteiger partial charge is 0.294 e. The molecule has 0 N–H and O–H groups in total. The van der Waals surface area contributed by atoms with Crippen LogP contribution in [0.5, 0.6) is 0 Å². The molecule has 210 valence electrons. The number of carbonyl (C=O) groups is 6. The van der Waals surface area contributed by atoms with Gasteiger partial charge in [0.15, 0.2) is 34.7 Å². The fourth-order valence-corrected chi connectivity index (χ4v) is 4.98. The SMILES string of the molecule is CC(=O)C1=Cc2ccccc2C(=C(C)C)C1=O.CC(C)=C1C(=O)CCC1=O.CC(C)=C1C(=O)c2ccccc2C1=O. The Kier molecular flexibility index (Phi) is 9.61. The van der Waals surface area contributed by atoms with Crippen LogP contribution in [-0.2, 0) is 19.2 Å². The fraction of sp³-hybridized carbons (Fsp3) is 0.257. The summed E-state index contributed by atoms with van der Waals surface area (Å²) in [7, 11) is 0. The Morgan fingerprint density at radius 1 is 0.512 bits per heavy atom. The quantitative estimate of drug-likeness (QED) is 0.289. The zero-order chi connectivity index (χ0) is 30.6. The number of carbonyl (C=O) groups excluding carboxylic acids is 6. The Morgan fingerprint density at radius 2 is 0.927 bits per heavy atom. The van der Waals surface area contributed by atoms with Gasteiger partial charge < -0.3 is 0 Å². The third kappa shape index (κ3) is 6.43. The van der Waals surface area contributed by atoms with E-state index in [1.165, 1.54) is 6.92 Å². The predicted molar refractivity (Wildman–Crippen MR) is 159 cm³/mol. The van der Waals surface area contributed by atoms with E-state index < -0.39 is 0 Å². The highest BCUT2D eigenvalue weighted by Crippen LogP contribution is 2.32. The molecule has 0 spiro atoms. The lowest BCUT2D eigenvalue weighted by Crippen LogP contribution is -2.17. The molecule has 0 aliphatic heterocycles. The molecule has 5 rings (SSSR count). The van der Waals surface area contributed by atoms with E-state index in [-0.39, 0.29) is 40.3 Å². The van der Waals surface area contributed by atoms with Gasteiger partial charge in [0.25, 0.3) is 0 Å². The van der Waals surface area contributed by atoms with Crippen molar-refractivity contribution in [1.82, 2.24) is 0 Å². The molecule has 0 bridgehead atoms. The van der Waals surface area contributed by atoms with Crippen LogP contribution < -0.4 is 0 Å². The fourth-order valence-electron chi connectivity index (χ4n) is 4.98. The van der Waals surface area contributed by atoms with Crippen LogP contribution in [0.4, 0.5) is 0 Å². The molecule has 0 saturated heterocycles. The second kappa shape index (κ2) is 12.7. The van der Waals surface area contributed by atoms with Crippen LogP contribution in [0.2, 0.25) is 0 Å². The third-order valence-corrected chi connectivity index (χ3v) is 6.89. The molecular weight excluding hydrogens is 516 g/mol. The van der Waals surface area contributed by atoms with Crippen LogP contribution in [0.1, 0.15) is 93.2 Å². The average Bonchev–Trinajstić information content (AvgIpc) is 3.38. The minimum Gasteiger partial charge on any atom is -0.294 e. The maximum Gasteiger partial charge on any atom is 0.197 e. The summed E-state index contributed by atoms with van der Waals surface area (Å²) in [5.41, 5.74) is 7.23. The first kappa shape index (κ1) is 31.0. The zero-order valence-electron chi connectivity index (χ0n) is 24.6. The molecule has 0 amide bonds. The summed E-state index contributed by atoms with van der Waals surface area (Å²) < 4.78 is 0. The number of benzene rings is 2. The van der Waals surface area contributed by atoms with Crippen LogP contribution in [-0.4, -0.2) is 34.7 Å². The molecule has 0 heterocycles. The lowest BCUT2D eigenvalue weighted by molar-refractivity contribution is -0.118. The molecule has 2 aromatic rings. The van der Waals surface area contributed by atoms with Crippen molar-refractivity contribution >= 4 is 46.3 Å². The zero-order valence-corrected chi connectivity index (χ0v) is 24.6. The van der Waals surface area contributed by atoms with Gasteiger partial charge >= 0.3 is 0 Å². The maximum atomic E-state index is 12.2. The van der Waals surface area contributed by atoms with Crippen molar-refractivity contribution in [3.8, 4) is 0 Å². The summed E-state index contributed by atoms with van der Waals surface area (Å²) in [5, 5.41) is 0. The monoisotopic (exact) mass is 550 g/mol. The summed E-state index contributed by atoms with van der Waals surface area (Å²) in [6, 6.07) is 14.6. The number of hydrogen-bond acceptors (Lipinski definition) is 6. The van der Waals surface area contributed by atoms with E-state index in [1.54, 1.807) is 58.0 Å². The molecule has 0 unspecified atom stereocenters. The summed E-state index contributed by atoms with van der Waals surface area (Å²) in [6.45, 7) is 12.4. The van der Waals surface area contributed by atoms with Crippen molar-refractivity contribution < 1.29 is 28.8 Å². The Morgan fingerprint density at radius 3 is 1.32 bits per heavy atom. The lowest BCUT2D eigenvalue weighted by Gasteiger charge is -2.18. The summed E-state index contributed by atoms with van der Waals surface area (Å²) >= 11 is 0. The first-order valence-electron chi connectivity index (χ1n) is 13.4. The first-order chi connectivity index (χ1) is 19.3. The number of fused-ring (bicyclic) bond motifs is 2. The molecule has 1 fully saturated rings. The van der Waals surface area contributed by atoms with E-state index >= 15 is 0 Å². The summed E-state index contributed by atoms with van der Waals surface area (Å²) in [4.78, 5) is 69.1. The van der Waals surface area contributed by atoms with Crippen molar-refractivity contribution in [1.29, 1.82) is 0 Å². The summed E-state index contributed by atoms with van der Waals surface area (Å²) in [5.74, 6) is -0.564. The van der Waals surface area contributed by atoms with Crippen molar-refractivity contribution in [2.45, 2.75) is 61.3 Å². The van der Waals surface area contributed by atoms with Crippen LogP contribution in [0.15, 0.2) is 82.0 Å². The van der Waals surface area contributed by atoms with E-state index in [0.29, 0.717) is 40.7 Å². The van der Waals surface area contributed by atoms with E-state index in [1.807, 2.05) is 38.1 Å². The minimum absolute atomic E-state index is 0.0185. The van der Waals surface area contributed by atoms with E-state index in [2.05, 4.69) is 0 Å². The molecule has 0 radical (unpaired) electrons. The van der Waals surface area contributed by atoms with Gasteiger partial charge in [-0.25, -0.2) is 0 Å². The smallest absolute Gasteiger partial charge is 0.197 e. The Labute approximate surface area is 240 Å². The highest BCUT2D eigenvalue weighted by atomic mass is 16.2. The molecule has 41 heavy (non-hydrogen) atoms. The van der Waals surface area contributed by atoms with Gasteiger partial charge in [0.1, 0.15) is 0 Å². The van der Waals surface area contributed by atoms with Crippen LogP contribution >= 0.6 is 0 Å².